The fourth-order valence-electron chi connectivity index (χ4n) is 0.502. The van der Waals surface area contributed by atoms with Crippen LogP contribution in [-0.4, -0.2) is 11.0 Å². The fourth-order valence-corrected chi connectivity index (χ4v) is 0.502. The normalized spacial score (nSPS) is 8.90. The summed E-state index contributed by atoms with van der Waals surface area (Å²) >= 11 is 0. The highest BCUT2D eigenvalue weighted by Gasteiger charge is 1.95. The zero-order valence-electron chi connectivity index (χ0n) is 5.50. The zero-order valence-corrected chi connectivity index (χ0v) is 5.50. The van der Waals surface area contributed by atoms with Crippen molar-refractivity contribution in [3.05, 3.63) is 24.4 Å². The highest BCUT2D eigenvalue weighted by molar-refractivity contribution is 5.68. The molecule has 0 amide bonds. The standard InChI is InChI=1S/C7H6NO2/c1-6(9)10-7-4-2-3-5-8-7/h2-3,5H,1H3. The number of pyridine rings is 1. The fraction of sp³-hybridized carbons (Fsp3) is 0.143. The molecule has 0 spiro atoms. The summed E-state index contributed by atoms with van der Waals surface area (Å²) in [5.41, 5.74) is 0. The Morgan fingerprint density at radius 2 is 2.60 bits per heavy atom. The second-order valence-electron chi connectivity index (χ2n) is 1.68. The van der Waals surface area contributed by atoms with Gasteiger partial charge < -0.3 is 4.74 Å². The molecule has 0 unspecified atom stereocenters. The van der Waals surface area contributed by atoms with Crippen molar-refractivity contribution in [2.75, 3.05) is 0 Å². The summed E-state index contributed by atoms with van der Waals surface area (Å²) in [7, 11) is 0. The average molecular weight is 136 g/mol. The minimum atomic E-state index is -0.380. The molecule has 3 nitrogen and oxygen atoms in total. The van der Waals surface area contributed by atoms with Crippen molar-refractivity contribution < 1.29 is 9.53 Å². The van der Waals surface area contributed by atoms with Crippen molar-refractivity contribution in [2.45, 2.75) is 6.92 Å². The van der Waals surface area contributed by atoms with Crippen molar-refractivity contribution in [3.63, 3.8) is 0 Å². The Hall–Kier alpha value is -1.38. The van der Waals surface area contributed by atoms with Crippen LogP contribution >= 0.6 is 0 Å². The summed E-state index contributed by atoms with van der Waals surface area (Å²) in [5, 5.41) is 0. The molecule has 3 heteroatoms. The quantitative estimate of drug-likeness (QED) is 0.536. The van der Waals surface area contributed by atoms with Gasteiger partial charge in [0.1, 0.15) is 0 Å². The number of hydrogen-bond donors (Lipinski definition) is 0. The summed E-state index contributed by atoms with van der Waals surface area (Å²) in [6.45, 7) is 1.32. The third-order valence-electron chi connectivity index (χ3n) is 0.821. The number of nitrogens with zero attached hydrogens (tertiary/aromatic N) is 1. The Kier molecular flexibility index (Phi) is 1.99. The average Bonchev–Trinajstić information content (AvgIpc) is 1.88. The van der Waals surface area contributed by atoms with Gasteiger partial charge in [-0.15, -0.1) is 0 Å². The van der Waals surface area contributed by atoms with E-state index in [1.165, 1.54) is 13.1 Å². The lowest BCUT2D eigenvalue weighted by atomic mass is 10.5. The van der Waals surface area contributed by atoms with Gasteiger partial charge in [-0.1, -0.05) is 0 Å². The van der Waals surface area contributed by atoms with E-state index in [9.17, 15) is 4.79 Å². The molecule has 1 heterocycles. The van der Waals surface area contributed by atoms with Gasteiger partial charge in [-0.3, -0.25) is 4.79 Å². The molecule has 0 saturated heterocycles. The van der Waals surface area contributed by atoms with Crippen LogP contribution in [0.1, 0.15) is 6.92 Å². The van der Waals surface area contributed by atoms with E-state index in [0.717, 1.165) is 0 Å². The molecule has 0 aliphatic rings. The number of esters is 1. The third-order valence-corrected chi connectivity index (χ3v) is 0.821. The molecule has 0 fully saturated rings. The van der Waals surface area contributed by atoms with Crippen LogP contribution in [0.15, 0.2) is 18.3 Å². The molecule has 0 aliphatic heterocycles. The van der Waals surface area contributed by atoms with E-state index in [0.29, 0.717) is 0 Å². The minimum Gasteiger partial charge on any atom is -0.407 e. The van der Waals surface area contributed by atoms with Gasteiger partial charge in [0, 0.05) is 19.2 Å². The van der Waals surface area contributed by atoms with E-state index < -0.39 is 0 Å². The summed E-state index contributed by atoms with van der Waals surface area (Å²) in [5.74, 6) is -0.162. The molecule has 0 aromatic carbocycles. The van der Waals surface area contributed by atoms with Crippen LogP contribution < -0.4 is 4.74 Å². The predicted octanol–water partition coefficient (Wildman–Crippen LogP) is 0.807. The van der Waals surface area contributed by atoms with E-state index in [1.54, 1.807) is 12.1 Å². The van der Waals surface area contributed by atoms with Crippen LogP contribution in [0.5, 0.6) is 5.88 Å². The van der Waals surface area contributed by atoms with Crippen LogP contribution in [0.2, 0.25) is 0 Å². The van der Waals surface area contributed by atoms with Gasteiger partial charge in [0.25, 0.3) is 0 Å². The van der Waals surface area contributed by atoms with E-state index in [2.05, 4.69) is 15.8 Å². The Morgan fingerprint density at radius 3 is 3.10 bits per heavy atom. The molecule has 1 aromatic rings. The maximum atomic E-state index is 10.3. The van der Waals surface area contributed by atoms with Gasteiger partial charge in [0.2, 0.25) is 5.88 Å². The number of aromatic nitrogens is 1. The smallest absolute Gasteiger partial charge is 0.309 e. The predicted molar refractivity (Wildman–Crippen MR) is 34.4 cm³/mol. The van der Waals surface area contributed by atoms with Gasteiger partial charge in [-0.05, 0) is 12.1 Å². The van der Waals surface area contributed by atoms with Crippen molar-refractivity contribution in [2.24, 2.45) is 0 Å². The van der Waals surface area contributed by atoms with E-state index in [4.69, 9.17) is 0 Å². The maximum Gasteiger partial charge on any atom is 0.309 e. The van der Waals surface area contributed by atoms with Gasteiger partial charge in [0.15, 0.2) is 0 Å². The molecule has 0 aliphatic carbocycles. The van der Waals surface area contributed by atoms with Gasteiger partial charge in [0.05, 0.1) is 0 Å². The number of rotatable bonds is 1. The number of ether oxygens (including phenoxy) is 1. The first-order valence-corrected chi connectivity index (χ1v) is 2.80. The second kappa shape index (κ2) is 2.96. The molecule has 1 rings (SSSR count). The number of hydrogen-bond acceptors (Lipinski definition) is 3. The van der Waals surface area contributed by atoms with Crippen molar-refractivity contribution in [1.82, 2.24) is 4.98 Å². The summed E-state index contributed by atoms with van der Waals surface area (Å²) < 4.78 is 4.61. The second-order valence-corrected chi connectivity index (χ2v) is 1.68. The molecule has 1 aromatic heterocycles. The lowest BCUT2D eigenvalue weighted by Gasteiger charge is -1.95. The minimum absolute atomic E-state index is 0.218. The lowest BCUT2D eigenvalue weighted by Crippen LogP contribution is -2.02. The monoisotopic (exact) mass is 136 g/mol. The summed E-state index contributed by atoms with van der Waals surface area (Å²) in [6, 6.07) is 5.98. The first kappa shape index (κ1) is 6.74. The summed E-state index contributed by atoms with van der Waals surface area (Å²) in [6.07, 6.45) is 1.54. The Labute approximate surface area is 58.7 Å². The van der Waals surface area contributed by atoms with Crippen LogP contribution in [0.4, 0.5) is 0 Å². The van der Waals surface area contributed by atoms with Crippen LogP contribution in [0, 0.1) is 6.07 Å². The van der Waals surface area contributed by atoms with E-state index >= 15 is 0 Å². The Bertz CT molecular complexity index is 220. The van der Waals surface area contributed by atoms with E-state index in [-0.39, 0.29) is 11.8 Å². The largest absolute Gasteiger partial charge is 0.407 e. The zero-order chi connectivity index (χ0) is 7.40. The third kappa shape index (κ3) is 1.85. The van der Waals surface area contributed by atoms with Crippen molar-refractivity contribution >= 4 is 5.97 Å². The lowest BCUT2D eigenvalue weighted by molar-refractivity contribution is -0.132. The Balaban J connectivity index is 2.67. The molecule has 0 N–H and O–H groups in total. The van der Waals surface area contributed by atoms with Crippen LogP contribution in [-0.2, 0) is 4.79 Å². The molecule has 0 saturated carbocycles. The van der Waals surface area contributed by atoms with Gasteiger partial charge in [-0.2, -0.15) is 0 Å². The van der Waals surface area contributed by atoms with Crippen molar-refractivity contribution in [1.29, 1.82) is 0 Å². The van der Waals surface area contributed by atoms with Crippen LogP contribution in [0.3, 0.4) is 0 Å². The molecule has 10 heavy (non-hydrogen) atoms. The van der Waals surface area contributed by atoms with E-state index in [1.807, 2.05) is 0 Å². The first-order valence-electron chi connectivity index (χ1n) is 2.80. The first-order chi connectivity index (χ1) is 4.79. The van der Waals surface area contributed by atoms with Crippen molar-refractivity contribution in [3.8, 4) is 5.88 Å². The van der Waals surface area contributed by atoms with Gasteiger partial charge >= 0.3 is 5.97 Å². The Morgan fingerprint density at radius 1 is 1.80 bits per heavy atom. The maximum absolute atomic E-state index is 10.3. The molecular weight excluding hydrogens is 130 g/mol. The number of carbonyl (C=O) groups excluding carboxylic acids is 1. The molecule has 51 valence electrons. The topological polar surface area (TPSA) is 39.2 Å². The molecule has 1 radical (unpaired) electrons. The molecular formula is C7H6NO2. The summed E-state index contributed by atoms with van der Waals surface area (Å²) in [4.78, 5) is 14.1. The van der Waals surface area contributed by atoms with Gasteiger partial charge in [-0.25, -0.2) is 4.98 Å². The van der Waals surface area contributed by atoms with Crippen LogP contribution in [0.25, 0.3) is 0 Å². The molecule has 0 bridgehead atoms. The highest BCUT2D eigenvalue weighted by Crippen LogP contribution is 2.01. The molecule has 0 atom stereocenters. The SMILES string of the molecule is CC(=O)Oc1[c]cccn1. The highest BCUT2D eigenvalue weighted by atomic mass is 16.5. The number of carbonyl (C=O) groups is 1.